The van der Waals surface area contributed by atoms with Crippen LogP contribution in [0.15, 0.2) is 36.5 Å². The van der Waals surface area contributed by atoms with Gasteiger partial charge < -0.3 is 9.78 Å². The van der Waals surface area contributed by atoms with Crippen molar-refractivity contribution in [2.75, 3.05) is 0 Å². The highest BCUT2D eigenvalue weighted by Gasteiger charge is 1.86. The summed E-state index contributed by atoms with van der Waals surface area (Å²) in [6, 6.07) is 10.3. The summed E-state index contributed by atoms with van der Waals surface area (Å²) >= 11 is 0. The summed E-state index contributed by atoms with van der Waals surface area (Å²) in [6.07, 6.45) is 1.95. The number of benzene rings is 1. The van der Waals surface area contributed by atoms with Gasteiger partial charge in [0.15, 0.2) is 0 Å². The minimum atomic E-state index is 0. The molecule has 2 aromatic rings. The minimum absolute atomic E-state index is 0. The number of carbonyl (C=O) groups is 1. The zero-order valence-electron chi connectivity index (χ0n) is 6.79. The lowest BCUT2D eigenvalue weighted by Gasteiger charge is -1.83. The van der Waals surface area contributed by atoms with Gasteiger partial charge in [-0.25, -0.2) is 0 Å². The van der Waals surface area contributed by atoms with Crippen molar-refractivity contribution in [3.8, 4) is 0 Å². The monoisotopic (exact) mass is 181 g/mol. The van der Waals surface area contributed by atoms with Crippen LogP contribution in [-0.2, 0) is 4.79 Å². The van der Waals surface area contributed by atoms with Crippen molar-refractivity contribution in [3.05, 3.63) is 36.5 Å². The molecule has 3 heteroatoms. The van der Waals surface area contributed by atoms with Crippen LogP contribution in [0.3, 0.4) is 0 Å². The lowest BCUT2D eigenvalue weighted by Crippen LogP contribution is -1.61. The summed E-state index contributed by atoms with van der Waals surface area (Å²) < 4.78 is 0. The first kappa shape index (κ1) is 10.9. The third-order valence-electron chi connectivity index (χ3n) is 1.46. The number of para-hydroxylation sites is 1. The zero-order valence-corrected chi connectivity index (χ0v) is 8.20. The molecule has 1 unspecified atom stereocenters. The molecule has 1 heterocycles. The van der Waals surface area contributed by atoms with Gasteiger partial charge in [-0.3, -0.25) is 0 Å². The summed E-state index contributed by atoms with van der Waals surface area (Å²) in [5.74, 6) is 0. The van der Waals surface area contributed by atoms with Gasteiger partial charge in [0.05, 0.1) is 0 Å². The smallest absolute Gasteiger partial charge is 0.106 e. The molecule has 0 saturated heterocycles. The number of fused-ring (bicyclic) bond motifs is 1. The number of nitrogens with one attached hydrogen (secondary N) is 1. The maximum Gasteiger partial charge on any atom is 0.106 e. The quantitative estimate of drug-likeness (QED) is 0.620. The molecular formula is C9H12NOP. The van der Waals surface area contributed by atoms with E-state index in [-0.39, 0.29) is 9.90 Å². The first-order valence-corrected chi connectivity index (χ1v) is 3.28. The zero-order chi connectivity index (χ0) is 8.10. The van der Waals surface area contributed by atoms with E-state index in [0.717, 1.165) is 0 Å². The van der Waals surface area contributed by atoms with Crippen LogP contribution in [0.5, 0.6) is 0 Å². The molecule has 0 saturated carbocycles. The Hall–Kier alpha value is -1.14. The van der Waals surface area contributed by atoms with Gasteiger partial charge in [0.25, 0.3) is 0 Å². The molecule has 64 valence electrons. The van der Waals surface area contributed by atoms with E-state index in [1.54, 1.807) is 0 Å². The normalized spacial score (nSPS) is 8.00. The summed E-state index contributed by atoms with van der Waals surface area (Å²) in [5.41, 5.74) is 1.21. The highest BCUT2D eigenvalue weighted by atomic mass is 31.0. The molecule has 0 spiro atoms. The maximum atomic E-state index is 8.00. The summed E-state index contributed by atoms with van der Waals surface area (Å²) in [7, 11) is 0. The van der Waals surface area contributed by atoms with E-state index >= 15 is 0 Å². The van der Waals surface area contributed by atoms with Gasteiger partial charge in [0.1, 0.15) is 6.79 Å². The van der Waals surface area contributed by atoms with E-state index in [1.165, 1.54) is 10.9 Å². The van der Waals surface area contributed by atoms with Gasteiger partial charge in [-0.05, 0) is 17.5 Å². The summed E-state index contributed by atoms with van der Waals surface area (Å²) in [5, 5.41) is 1.28. The molecular weight excluding hydrogens is 169 g/mol. The van der Waals surface area contributed by atoms with Gasteiger partial charge >= 0.3 is 0 Å². The molecule has 2 nitrogen and oxygen atoms in total. The molecule has 1 aromatic heterocycles. The molecule has 0 amide bonds. The number of aromatic nitrogens is 1. The number of rotatable bonds is 0. The van der Waals surface area contributed by atoms with Crippen LogP contribution in [0.1, 0.15) is 0 Å². The number of carbonyl (C=O) groups excluding carboxylic acids is 1. The average molecular weight is 181 g/mol. The third kappa shape index (κ3) is 2.18. The Balaban J connectivity index is 0.000000378. The number of H-pyrrole nitrogens is 1. The highest BCUT2D eigenvalue weighted by Crippen LogP contribution is 2.09. The van der Waals surface area contributed by atoms with Crippen LogP contribution in [0, 0.1) is 0 Å². The van der Waals surface area contributed by atoms with Gasteiger partial charge in [-0.1, -0.05) is 18.2 Å². The van der Waals surface area contributed by atoms with E-state index in [1.807, 2.05) is 25.1 Å². The van der Waals surface area contributed by atoms with Gasteiger partial charge in [0.2, 0.25) is 0 Å². The molecule has 1 atom stereocenters. The van der Waals surface area contributed by atoms with Crippen LogP contribution >= 0.6 is 9.90 Å². The number of aromatic amines is 1. The fourth-order valence-electron chi connectivity index (χ4n) is 0.995. The third-order valence-corrected chi connectivity index (χ3v) is 1.46. The average Bonchev–Trinajstić information content (AvgIpc) is 2.55. The lowest BCUT2D eigenvalue weighted by atomic mass is 10.3. The van der Waals surface area contributed by atoms with Gasteiger partial charge in [0, 0.05) is 11.7 Å². The van der Waals surface area contributed by atoms with Crippen molar-refractivity contribution in [2.24, 2.45) is 0 Å². The number of hydrogen-bond acceptors (Lipinski definition) is 1. The second-order valence-electron chi connectivity index (χ2n) is 2.06. The Morgan fingerprint density at radius 2 is 1.75 bits per heavy atom. The van der Waals surface area contributed by atoms with Crippen molar-refractivity contribution in [2.45, 2.75) is 0 Å². The first-order chi connectivity index (χ1) is 5.47. The van der Waals surface area contributed by atoms with Crippen LogP contribution < -0.4 is 0 Å². The molecule has 1 N–H and O–H groups in total. The Labute approximate surface area is 74.6 Å². The maximum absolute atomic E-state index is 8.00. The molecule has 12 heavy (non-hydrogen) atoms. The van der Waals surface area contributed by atoms with E-state index in [9.17, 15) is 0 Å². The largest absolute Gasteiger partial charge is 0.361 e. The Kier molecular flexibility index (Phi) is 4.98. The van der Waals surface area contributed by atoms with E-state index < -0.39 is 0 Å². The van der Waals surface area contributed by atoms with E-state index in [0.29, 0.717) is 0 Å². The van der Waals surface area contributed by atoms with Crippen molar-refractivity contribution < 1.29 is 4.79 Å². The Bertz CT molecular complexity index is 302. The van der Waals surface area contributed by atoms with Crippen LogP contribution in [0.4, 0.5) is 0 Å². The topological polar surface area (TPSA) is 32.9 Å². The van der Waals surface area contributed by atoms with Gasteiger partial charge in [-0.2, -0.15) is 9.90 Å². The van der Waals surface area contributed by atoms with Gasteiger partial charge in [-0.15, -0.1) is 0 Å². The first-order valence-electron chi connectivity index (χ1n) is 3.28. The standard InChI is InChI=1S/C8H7N.CH2O.H3P/c1-2-4-8-7(3-1)5-6-9-8;1-2;/h1-6,9H;1H2;1H3. The number of hydrogen-bond donors (Lipinski definition) is 1. The molecule has 0 aliphatic rings. The van der Waals surface area contributed by atoms with E-state index in [2.05, 4.69) is 23.2 Å². The summed E-state index contributed by atoms with van der Waals surface area (Å²) in [4.78, 5) is 11.1. The van der Waals surface area contributed by atoms with Crippen LogP contribution in [0.2, 0.25) is 0 Å². The molecule has 0 fully saturated rings. The van der Waals surface area contributed by atoms with Crippen LogP contribution in [0.25, 0.3) is 10.9 Å². The highest BCUT2D eigenvalue weighted by molar-refractivity contribution is 6.92. The molecule has 0 aliphatic heterocycles. The molecule has 2 rings (SSSR count). The molecule has 1 aromatic carbocycles. The summed E-state index contributed by atoms with van der Waals surface area (Å²) in [6.45, 7) is 2.00. The predicted octanol–water partition coefficient (Wildman–Crippen LogP) is 2.04. The second kappa shape index (κ2) is 5.50. The Morgan fingerprint density at radius 3 is 2.42 bits per heavy atom. The fourth-order valence-corrected chi connectivity index (χ4v) is 0.995. The fraction of sp³-hybridized carbons (Fsp3) is 0. The molecule has 0 radical (unpaired) electrons. The Morgan fingerprint density at radius 1 is 1.08 bits per heavy atom. The molecule has 0 aliphatic carbocycles. The minimum Gasteiger partial charge on any atom is -0.361 e. The van der Waals surface area contributed by atoms with E-state index in [4.69, 9.17) is 4.79 Å². The van der Waals surface area contributed by atoms with Crippen molar-refractivity contribution in [1.82, 2.24) is 4.98 Å². The predicted molar refractivity (Wildman–Crippen MR) is 56.5 cm³/mol. The van der Waals surface area contributed by atoms with Crippen molar-refractivity contribution in [3.63, 3.8) is 0 Å². The SMILES string of the molecule is C=O.P.c1ccc2[nH]ccc2c1. The van der Waals surface area contributed by atoms with Crippen molar-refractivity contribution >= 4 is 27.6 Å². The lowest BCUT2D eigenvalue weighted by molar-refractivity contribution is -0.0979. The van der Waals surface area contributed by atoms with Crippen LogP contribution in [-0.4, -0.2) is 11.8 Å². The van der Waals surface area contributed by atoms with Crippen molar-refractivity contribution in [1.29, 1.82) is 0 Å². The molecule has 0 bridgehead atoms. The second-order valence-corrected chi connectivity index (χ2v) is 2.06.